The lowest BCUT2D eigenvalue weighted by Crippen LogP contribution is -2.58. The Morgan fingerprint density at radius 2 is 1.24 bits per heavy atom. The molecule has 2 aliphatic rings. The second-order valence-electron chi connectivity index (χ2n) is 10.4. The zero-order valence-electron chi connectivity index (χ0n) is 23.9. The molecule has 1 N–H and O–H groups in total. The van der Waals surface area contributed by atoms with Gasteiger partial charge in [0.1, 0.15) is 11.3 Å². The normalized spacial score (nSPS) is 21.0. The molecule has 0 saturated heterocycles. The summed E-state index contributed by atoms with van der Waals surface area (Å²) in [5, 5.41) is 5.41. The van der Waals surface area contributed by atoms with Gasteiger partial charge in [0.25, 0.3) is 11.4 Å². The predicted molar refractivity (Wildman–Crippen MR) is 158 cm³/mol. The monoisotopic (exact) mass is 559 g/mol. The highest BCUT2D eigenvalue weighted by atomic mass is 16.5. The molecule has 0 radical (unpaired) electrons. The summed E-state index contributed by atoms with van der Waals surface area (Å²) in [5.74, 6) is -1.36. The van der Waals surface area contributed by atoms with E-state index in [1.165, 1.54) is 14.2 Å². The highest BCUT2D eigenvalue weighted by molar-refractivity contribution is 6.07. The van der Waals surface area contributed by atoms with Gasteiger partial charge < -0.3 is 9.47 Å². The first-order valence-corrected chi connectivity index (χ1v) is 13.6. The summed E-state index contributed by atoms with van der Waals surface area (Å²) in [4.78, 5) is 31.4. The van der Waals surface area contributed by atoms with Crippen LogP contribution in [0.1, 0.15) is 22.3 Å². The van der Waals surface area contributed by atoms with E-state index >= 15 is 0 Å². The van der Waals surface area contributed by atoms with Crippen LogP contribution in [0.3, 0.4) is 0 Å². The number of rotatable bonds is 6. The number of aryl methyl sites for hydroxylation is 2. The molecule has 2 aliphatic heterocycles. The van der Waals surface area contributed by atoms with Crippen LogP contribution in [0.15, 0.2) is 126 Å². The quantitative estimate of drug-likeness (QED) is 0.238. The molecule has 0 aromatic heterocycles. The van der Waals surface area contributed by atoms with Gasteiger partial charge in [0.05, 0.1) is 14.2 Å². The number of carbonyl (C=O) groups excluding carboxylic acids is 2. The van der Waals surface area contributed by atoms with Gasteiger partial charge in [0.15, 0.2) is 0 Å². The van der Waals surface area contributed by atoms with Crippen LogP contribution >= 0.6 is 0 Å². The van der Waals surface area contributed by atoms with Crippen molar-refractivity contribution in [2.75, 3.05) is 19.1 Å². The zero-order chi connectivity index (χ0) is 29.5. The molecule has 0 spiro atoms. The first kappa shape index (κ1) is 27.0. The molecule has 6 rings (SSSR count). The van der Waals surface area contributed by atoms with E-state index in [1.54, 1.807) is 4.81 Å². The van der Waals surface area contributed by atoms with E-state index < -0.39 is 23.1 Å². The Morgan fingerprint density at radius 1 is 0.714 bits per heavy atom. The molecule has 0 amide bonds. The summed E-state index contributed by atoms with van der Waals surface area (Å²) < 4.78 is 10.8. The molecule has 4 aromatic rings. The molecule has 0 bridgehead atoms. The molecule has 210 valence electrons. The Hall–Kier alpha value is -5.24. The Labute approximate surface area is 244 Å². The second kappa shape index (κ2) is 10.3. The van der Waals surface area contributed by atoms with Crippen LogP contribution in [0.25, 0.3) is 0 Å². The minimum Gasteiger partial charge on any atom is -0.466 e. The second-order valence-corrected chi connectivity index (χ2v) is 10.4. The summed E-state index contributed by atoms with van der Waals surface area (Å²) in [6.45, 7) is 4.01. The van der Waals surface area contributed by atoms with Crippen molar-refractivity contribution in [1.29, 1.82) is 0 Å². The van der Waals surface area contributed by atoms with Gasteiger partial charge in [-0.2, -0.15) is 0 Å². The van der Waals surface area contributed by atoms with Crippen LogP contribution in [0, 0.1) is 13.8 Å². The van der Waals surface area contributed by atoms with Crippen molar-refractivity contribution in [2.24, 2.45) is 5.11 Å². The summed E-state index contributed by atoms with van der Waals surface area (Å²) in [6, 6.07) is 34.9. The summed E-state index contributed by atoms with van der Waals surface area (Å²) >= 11 is 0. The fourth-order valence-electron chi connectivity index (χ4n) is 6.01. The van der Waals surface area contributed by atoms with Crippen LogP contribution in [-0.2, 0) is 30.3 Å². The highest BCUT2D eigenvalue weighted by Gasteiger charge is 2.77. The number of hydrogen-bond acceptors (Lipinski definition) is 7. The van der Waals surface area contributed by atoms with Crippen LogP contribution in [0.5, 0.6) is 0 Å². The maximum atomic E-state index is 14.0. The first-order valence-electron chi connectivity index (χ1n) is 13.6. The van der Waals surface area contributed by atoms with E-state index in [1.807, 2.05) is 128 Å². The van der Waals surface area contributed by atoms with E-state index in [9.17, 15) is 9.59 Å². The number of nitrogens with zero attached hydrogens (tertiary/aromatic N) is 3. The topological polar surface area (TPSA) is 83.2 Å². The minimum atomic E-state index is -1.43. The lowest BCUT2D eigenvalue weighted by atomic mass is 9.72. The van der Waals surface area contributed by atoms with E-state index in [0.29, 0.717) is 11.3 Å². The first-order chi connectivity index (χ1) is 20.4. The van der Waals surface area contributed by atoms with Crippen molar-refractivity contribution in [2.45, 2.75) is 25.0 Å². The van der Waals surface area contributed by atoms with Gasteiger partial charge in [-0.15, -0.1) is 5.43 Å². The third-order valence-electron chi connectivity index (χ3n) is 7.92. The molecule has 4 aromatic carbocycles. The Bertz CT molecular complexity index is 1720. The van der Waals surface area contributed by atoms with Gasteiger partial charge in [-0.25, -0.2) is 9.59 Å². The average Bonchev–Trinajstić information content (AvgIpc) is 3.51. The number of azo groups is 1. The third kappa shape index (κ3) is 3.83. The number of esters is 2. The maximum Gasteiger partial charge on any atom is 0.355 e. The SMILES string of the molecule is COC(=O)C1=C(C(=O)OC)[C@]2(c3ccccc3)N[N+](c3ccc(C)cc3)=N[C@]2(c2ccccc2)N1c1ccc(C)cc1. The summed E-state index contributed by atoms with van der Waals surface area (Å²) in [5.41, 5.74) is 5.90. The van der Waals surface area contributed by atoms with Crippen molar-refractivity contribution in [3.05, 3.63) is 143 Å². The summed E-state index contributed by atoms with van der Waals surface area (Å²) in [7, 11) is 2.62. The number of hydrogen-bond donors (Lipinski definition) is 1. The third-order valence-corrected chi connectivity index (χ3v) is 7.92. The zero-order valence-corrected chi connectivity index (χ0v) is 23.9. The molecule has 42 heavy (non-hydrogen) atoms. The fourth-order valence-corrected chi connectivity index (χ4v) is 6.01. The Morgan fingerprint density at radius 3 is 1.79 bits per heavy atom. The maximum absolute atomic E-state index is 14.0. The van der Waals surface area contributed by atoms with E-state index in [-0.39, 0.29) is 11.3 Å². The van der Waals surface area contributed by atoms with Crippen LogP contribution in [-0.4, -0.2) is 31.0 Å². The van der Waals surface area contributed by atoms with Gasteiger partial charge >= 0.3 is 11.9 Å². The lowest BCUT2D eigenvalue weighted by Gasteiger charge is -2.40. The van der Waals surface area contributed by atoms with Crippen molar-refractivity contribution in [3.63, 3.8) is 0 Å². The van der Waals surface area contributed by atoms with Crippen molar-refractivity contribution < 1.29 is 23.9 Å². The minimum absolute atomic E-state index is 0.0423. The van der Waals surface area contributed by atoms with Crippen LogP contribution in [0.4, 0.5) is 11.4 Å². The number of ether oxygens (including phenoxy) is 2. The van der Waals surface area contributed by atoms with E-state index in [2.05, 4.69) is 5.43 Å². The number of anilines is 1. The molecule has 8 nitrogen and oxygen atoms in total. The number of benzene rings is 4. The van der Waals surface area contributed by atoms with E-state index in [4.69, 9.17) is 14.6 Å². The number of hydrazine groups is 1. The Balaban J connectivity index is 1.82. The van der Waals surface area contributed by atoms with Crippen LogP contribution < -0.4 is 10.3 Å². The number of fused-ring (bicyclic) bond motifs is 1. The molecule has 0 unspecified atom stereocenters. The number of carbonyl (C=O) groups is 2. The molecule has 2 atom stereocenters. The standard InChI is InChI=1S/C34H31N4O4/c1-23-15-19-27(20-16-23)37-30(32(40)42-4)29(31(39)41-3)33(25-11-7-5-8-12-25)34(37,26-13-9-6-10-14-26)36-38(35-33)28-21-17-24(2)18-22-28/h5-22H,1-4H3,(H,35,36)/q+1/t33-,34+/m0/s1. The van der Waals surface area contributed by atoms with Crippen LogP contribution in [0.2, 0.25) is 0 Å². The van der Waals surface area contributed by atoms with Gasteiger partial charge in [0, 0.05) is 33.3 Å². The smallest absolute Gasteiger partial charge is 0.355 e. The molecular weight excluding hydrogens is 528 g/mol. The number of methoxy groups -OCH3 is 2. The largest absolute Gasteiger partial charge is 0.466 e. The van der Waals surface area contributed by atoms with Gasteiger partial charge in [-0.3, -0.25) is 4.90 Å². The predicted octanol–water partition coefficient (Wildman–Crippen LogP) is 5.79. The van der Waals surface area contributed by atoms with E-state index in [0.717, 1.165) is 22.4 Å². The summed E-state index contributed by atoms with van der Waals surface area (Å²) in [6.07, 6.45) is 0. The average molecular weight is 560 g/mol. The fraction of sp³-hybridized carbons (Fsp3) is 0.176. The Kier molecular flexibility index (Phi) is 6.61. The van der Waals surface area contributed by atoms with Gasteiger partial charge in [-0.05, 0) is 31.5 Å². The lowest BCUT2D eigenvalue weighted by molar-refractivity contribution is -0.567. The van der Waals surface area contributed by atoms with Crippen molar-refractivity contribution in [3.8, 4) is 0 Å². The molecule has 0 aliphatic carbocycles. The van der Waals surface area contributed by atoms with Crippen molar-refractivity contribution >= 4 is 23.3 Å². The van der Waals surface area contributed by atoms with Gasteiger partial charge in [0.2, 0.25) is 5.54 Å². The molecule has 0 saturated carbocycles. The highest BCUT2D eigenvalue weighted by Crippen LogP contribution is 2.61. The number of nitrogens with one attached hydrogen (secondary N) is 1. The van der Waals surface area contributed by atoms with Crippen molar-refractivity contribution in [1.82, 2.24) is 5.43 Å². The molecule has 2 heterocycles. The molecule has 0 fully saturated rings. The molecular formula is C34H31N4O4+. The van der Waals surface area contributed by atoms with Gasteiger partial charge in [-0.1, -0.05) is 96.1 Å². The molecule has 8 heteroatoms.